The Morgan fingerprint density at radius 2 is 2.00 bits per heavy atom. The first-order valence-corrected chi connectivity index (χ1v) is 7.09. The Hall–Kier alpha value is -0.860. The second kappa shape index (κ2) is 5.85. The van der Waals surface area contributed by atoms with E-state index in [-0.39, 0.29) is 0 Å². The van der Waals surface area contributed by atoms with Crippen molar-refractivity contribution in [2.75, 3.05) is 6.54 Å². The summed E-state index contributed by atoms with van der Waals surface area (Å²) in [5, 5.41) is 14.1. The minimum atomic E-state index is -0.776. The van der Waals surface area contributed by atoms with Crippen molar-refractivity contribution < 1.29 is 5.11 Å². The van der Waals surface area contributed by atoms with E-state index in [1.807, 2.05) is 37.3 Å². The number of hydrogen-bond acceptors (Lipinski definition) is 2. The van der Waals surface area contributed by atoms with Crippen molar-refractivity contribution in [3.63, 3.8) is 0 Å². The summed E-state index contributed by atoms with van der Waals surface area (Å²) in [5.41, 5.74) is 0.212. The summed E-state index contributed by atoms with van der Waals surface area (Å²) in [7, 11) is 0. The Morgan fingerprint density at radius 3 is 2.67 bits per heavy atom. The Labute approximate surface area is 110 Å². The molecule has 1 saturated carbocycles. The third-order valence-corrected chi connectivity index (χ3v) is 4.07. The van der Waals surface area contributed by atoms with Gasteiger partial charge < -0.3 is 10.4 Å². The fraction of sp³-hybridized carbons (Fsp3) is 0.625. The lowest BCUT2D eigenvalue weighted by Crippen LogP contribution is -2.42. The van der Waals surface area contributed by atoms with Crippen molar-refractivity contribution in [2.24, 2.45) is 5.92 Å². The molecular weight excluding hydrogens is 222 g/mol. The first-order chi connectivity index (χ1) is 8.58. The van der Waals surface area contributed by atoms with Gasteiger partial charge in [0, 0.05) is 12.6 Å². The van der Waals surface area contributed by atoms with E-state index in [0.29, 0.717) is 12.6 Å². The number of hydrogen-bond donors (Lipinski definition) is 2. The molecule has 100 valence electrons. The van der Waals surface area contributed by atoms with Crippen LogP contribution in [0.25, 0.3) is 0 Å². The normalized spacial score (nSPS) is 27.7. The third-order valence-electron chi connectivity index (χ3n) is 4.07. The second-order valence-electron chi connectivity index (χ2n) is 5.99. The van der Waals surface area contributed by atoms with Crippen LogP contribution in [0.3, 0.4) is 0 Å². The molecule has 18 heavy (non-hydrogen) atoms. The molecule has 0 radical (unpaired) electrons. The van der Waals surface area contributed by atoms with Crippen LogP contribution in [0.5, 0.6) is 0 Å². The van der Waals surface area contributed by atoms with Gasteiger partial charge in [-0.1, -0.05) is 50.1 Å². The third kappa shape index (κ3) is 3.56. The predicted molar refractivity (Wildman–Crippen MR) is 75.4 cm³/mol. The van der Waals surface area contributed by atoms with Gasteiger partial charge in [-0.25, -0.2) is 0 Å². The molecule has 3 unspecified atom stereocenters. The molecule has 2 N–H and O–H groups in total. The molecule has 0 spiro atoms. The quantitative estimate of drug-likeness (QED) is 0.857. The number of nitrogens with one attached hydrogen (secondary N) is 1. The fourth-order valence-electron chi connectivity index (χ4n) is 2.86. The van der Waals surface area contributed by atoms with Gasteiger partial charge in [0.15, 0.2) is 0 Å². The molecule has 0 heterocycles. The predicted octanol–water partition coefficient (Wildman–Crippen LogP) is 3.06. The zero-order valence-electron chi connectivity index (χ0n) is 11.5. The Balaban J connectivity index is 1.89. The molecule has 0 aliphatic heterocycles. The Morgan fingerprint density at radius 1 is 1.28 bits per heavy atom. The lowest BCUT2D eigenvalue weighted by Gasteiger charge is -2.31. The zero-order valence-corrected chi connectivity index (χ0v) is 11.5. The molecule has 0 saturated heterocycles. The summed E-state index contributed by atoms with van der Waals surface area (Å²) in [6.45, 7) is 4.85. The largest absolute Gasteiger partial charge is 0.384 e. The van der Waals surface area contributed by atoms with Gasteiger partial charge in [0.05, 0.1) is 5.60 Å². The van der Waals surface area contributed by atoms with Crippen LogP contribution in [0.4, 0.5) is 0 Å². The van der Waals surface area contributed by atoms with Gasteiger partial charge in [-0.3, -0.25) is 0 Å². The lowest BCUT2D eigenvalue weighted by molar-refractivity contribution is 0.0512. The molecule has 0 amide bonds. The van der Waals surface area contributed by atoms with Crippen LogP contribution >= 0.6 is 0 Å². The molecule has 1 aliphatic carbocycles. The van der Waals surface area contributed by atoms with Crippen LogP contribution in [-0.4, -0.2) is 17.7 Å². The van der Waals surface area contributed by atoms with Gasteiger partial charge in [-0.05, 0) is 31.2 Å². The zero-order chi connectivity index (χ0) is 13.0. The molecule has 2 heteroatoms. The molecular formula is C16H25NO. The highest BCUT2D eigenvalue weighted by atomic mass is 16.3. The summed E-state index contributed by atoms with van der Waals surface area (Å²) < 4.78 is 0. The van der Waals surface area contributed by atoms with Crippen molar-refractivity contribution in [2.45, 2.75) is 51.2 Å². The molecule has 0 aromatic heterocycles. The minimum Gasteiger partial charge on any atom is -0.384 e. The van der Waals surface area contributed by atoms with Crippen LogP contribution in [0.1, 0.15) is 45.1 Å². The molecule has 1 aromatic carbocycles. The monoisotopic (exact) mass is 247 g/mol. The van der Waals surface area contributed by atoms with Gasteiger partial charge in [-0.15, -0.1) is 0 Å². The molecule has 2 rings (SSSR count). The molecule has 0 bridgehead atoms. The highest BCUT2D eigenvalue weighted by Crippen LogP contribution is 2.25. The first-order valence-electron chi connectivity index (χ1n) is 7.09. The van der Waals surface area contributed by atoms with Gasteiger partial charge >= 0.3 is 0 Å². The maximum atomic E-state index is 10.5. The van der Waals surface area contributed by atoms with E-state index in [0.717, 1.165) is 11.5 Å². The van der Waals surface area contributed by atoms with Crippen LogP contribution in [-0.2, 0) is 5.60 Å². The fourth-order valence-corrected chi connectivity index (χ4v) is 2.86. The number of aliphatic hydroxyl groups is 1. The second-order valence-corrected chi connectivity index (χ2v) is 5.99. The Kier molecular flexibility index (Phi) is 4.41. The summed E-state index contributed by atoms with van der Waals surface area (Å²) in [4.78, 5) is 0. The molecule has 1 aliphatic rings. The topological polar surface area (TPSA) is 32.3 Å². The maximum absolute atomic E-state index is 10.5. The maximum Gasteiger partial charge on any atom is 0.0992 e. The summed E-state index contributed by atoms with van der Waals surface area (Å²) in [5.74, 6) is 0.818. The highest BCUT2D eigenvalue weighted by molar-refractivity contribution is 5.21. The summed E-state index contributed by atoms with van der Waals surface area (Å²) in [6.07, 6.45) is 5.15. The van der Waals surface area contributed by atoms with Gasteiger partial charge in [0.25, 0.3) is 0 Å². The average molecular weight is 247 g/mol. The first kappa shape index (κ1) is 13.6. The number of benzene rings is 1. The van der Waals surface area contributed by atoms with Crippen LogP contribution < -0.4 is 5.32 Å². The number of rotatable bonds is 4. The van der Waals surface area contributed by atoms with E-state index in [1.165, 1.54) is 25.7 Å². The minimum absolute atomic E-state index is 0.573. The van der Waals surface area contributed by atoms with Crippen LogP contribution in [0, 0.1) is 5.92 Å². The van der Waals surface area contributed by atoms with Crippen molar-refractivity contribution in [1.82, 2.24) is 5.32 Å². The average Bonchev–Trinajstić information content (AvgIpc) is 2.38. The molecule has 1 aromatic rings. The Bertz CT molecular complexity index is 361. The SMILES string of the molecule is CC1CCCC(NCC(C)(O)c2ccccc2)C1. The van der Waals surface area contributed by atoms with Crippen molar-refractivity contribution in [3.8, 4) is 0 Å². The smallest absolute Gasteiger partial charge is 0.0992 e. The van der Waals surface area contributed by atoms with Crippen molar-refractivity contribution >= 4 is 0 Å². The molecule has 2 nitrogen and oxygen atoms in total. The van der Waals surface area contributed by atoms with Crippen LogP contribution in [0.2, 0.25) is 0 Å². The van der Waals surface area contributed by atoms with E-state index < -0.39 is 5.60 Å². The van der Waals surface area contributed by atoms with Crippen LogP contribution in [0.15, 0.2) is 30.3 Å². The lowest BCUT2D eigenvalue weighted by atomic mass is 9.86. The van der Waals surface area contributed by atoms with E-state index in [1.54, 1.807) is 0 Å². The molecule has 3 atom stereocenters. The standard InChI is InChI=1S/C16H25NO/c1-13-7-6-10-15(11-13)17-12-16(2,18)14-8-4-3-5-9-14/h3-5,8-9,13,15,17-18H,6-7,10-12H2,1-2H3. The van der Waals surface area contributed by atoms with Gasteiger partial charge in [0.2, 0.25) is 0 Å². The molecule has 1 fully saturated rings. The summed E-state index contributed by atoms with van der Waals surface area (Å²) >= 11 is 0. The van der Waals surface area contributed by atoms with Crippen molar-refractivity contribution in [3.05, 3.63) is 35.9 Å². The van der Waals surface area contributed by atoms with E-state index in [9.17, 15) is 5.11 Å². The van der Waals surface area contributed by atoms with Crippen molar-refractivity contribution in [1.29, 1.82) is 0 Å². The van der Waals surface area contributed by atoms with E-state index in [2.05, 4.69) is 12.2 Å². The highest BCUT2D eigenvalue weighted by Gasteiger charge is 2.25. The van der Waals surface area contributed by atoms with E-state index >= 15 is 0 Å². The summed E-state index contributed by atoms with van der Waals surface area (Å²) in [6, 6.07) is 10.5. The van der Waals surface area contributed by atoms with E-state index in [4.69, 9.17) is 0 Å². The van der Waals surface area contributed by atoms with Gasteiger partial charge in [-0.2, -0.15) is 0 Å². The van der Waals surface area contributed by atoms with Gasteiger partial charge in [0.1, 0.15) is 0 Å².